The summed E-state index contributed by atoms with van der Waals surface area (Å²) in [6.07, 6.45) is -7.26. The highest BCUT2D eigenvalue weighted by Crippen LogP contribution is 2.31. The largest absolute Gasteiger partial charge is 0.415 e. The Morgan fingerprint density at radius 2 is 1.67 bits per heavy atom. The lowest BCUT2D eigenvalue weighted by Crippen LogP contribution is -2.36. The van der Waals surface area contributed by atoms with Gasteiger partial charge in [-0.25, -0.2) is 0 Å². The van der Waals surface area contributed by atoms with Crippen molar-refractivity contribution in [3.8, 4) is 0 Å². The number of hydrogen-bond acceptors (Lipinski definition) is 2. The van der Waals surface area contributed by atoms with Crippen molar-refractivity contribution in [2.24, 2.45) is 0 Å². The Labute approximate surface area is 85.0 Å². The van der Waals surface area contributed by atoms with Gasteiger partial charge in [-0.3, -0.25) is 0 Å². The van der Waals surface area contributed by atoms with Gasteiger partial charge in [-0.1, -0.05) is 30.3 Å². The summed E-state index contributed by atoms with van der Waals surface area (Å²) in [5.74, 6) is -1.33. The van der Waals surface area contributed by atoms with E-state index in [0.717, 1.165) is 0 Å². The average Bonchev–Trinajstić information content (AvgIpc) is 2.19. The fraction of sp³-hybridized carbons (Fsp3) is 0.400. The molecule has 0 heterocycles. The first-order chi connectivity index (χ1) is 6.96. The normalized spacial score (nSPS) is 16.1. The molecule has 0 amide bonds. The van der Waals surface area contributed by atoms with E-state index in [2.05, 4.69) is 0 Å². The smallest absolute Gasteiger partial charge is 0.396 e. The van der Waals surface area contributed by atoms with E-state index in [1.165, 1.54) is 12.1 Å². The molecule has 0 bridgehead atoms. The van der Waals surface area contributed by atoms with E-state index in [1.807, 2.05) is 0 Å². The van der Waals surface area contributed by atoms with Crippen molar-refractivity contribution in [2.75, 3.05) is 6.61 Å². The van der Waals surface area contributed by atoms with Gasteiger partial charge >= 0.3 is 6.18 Å². The molecule has 0 aliphatic carbocycles. The highest BCUT2D eigenvalue weighted by molar-refractivity contribution is 5.21. The highest BCUT2D eigenvalue weighted by Gasteiger charge is 2.43. The lowest BCUT2D eigenvalue weighted by molar-refractivity contribution is -0.213. The summed E-state index contributed by atoms with van der Waals surface area (Å²) in [6, 6.07) is 7.64. The number of rotatable bonds is 3. The molecule has 0 saturated heterocycles. The van der Waals surface area contributed by atoms with E-state index in [9.17, 15) is 13.2 Å². The van der Waals surface area contributed by atoms with E-state index in [0.29, 0.717) is 0 Å². The summed E-state index contributed by atoms with van der Waals surface area (Å²) < 4.78 is 36.6. The molecule has 5 heteroatoms. The highest BCUT2D eigenvalue weighted by atomic mass is 19.4. The molecule has 84 valence electrons. The van der Waals surface area contributed by atoms with E-state index in [1.54, 1.807) is 18.2 Å². The number of alkyl halides is 3. The van der Waals surface area contributed by atoms with Crippen molar-refractivity contribution in [1.82, 2.24) is 0 Å². The molecule has 2 N–H and O–H groups in total. The molecule has 15 heavy (non-hydrogen) atoms. The minimum absolute atomic E-state index is 0.268. The van der Waals surface area contributed by atoms with Crippen molar-refractivity contribution < 1.29 is 23.4 Å². The van der Waals surface area contributed by atoms with Gasteiger partial charge < -0.3 is 10.2 Å². The van der Waals surface area contributed by atoms with Gasteiger partial charge in [-0.05, 0) is 5.56 Å². The van der Waals surface area contributed by atoms with Crippen molar-refractivity contribution in [1.29, 1.82) is 0 Å². The fourth-order valence-corrected chi connectivity index (χ4v) is 1.32. The summed E-state index contributed by atoms with van der Waals surface area (Å²) in [6.45, 7) is -0.745. The van der Waals surface area contributed by atoms with Crippen molar-refractivity contribution >= 4 is 0 Å². The van der Waals surface area contributed by atoms with E-state index < -0.39 is 24.8 Å². The second-order valence-electron chi connectivity index (χ2n) is 3.19. The predicted octanol–water partition coefficient (Wildman–Crippen LogP) is 1.69. The first-order valence-corrected chi connectivity index (χ1v) is 4.37. The third-order valence-electron chi connectivity index (χ3n) is 2.14. The third-order valence-corrected chi connectivity index (χ3v) is 2.14. The quantitative estimate of drug-likeness (QED) is 0.813. The van der Waals surface area contributed by atoms with Gasteiger partial charge in [0.15, 0.2) is 6.10 Å². The Hall–Kier alpha value is -1.07. The number of aliphatic hydroxyl groups excluding tert-OH is 2. The van der Waals surface area contributed by atoms with Gasteiger partial charge in [0.25, 0.3) is 0 Å². The first kappa shape index (κ1) is 12.0. The molecule has 0 radical (unpaired) electrons. The van der Waals surface area contributed by atoms with Gasteiger partial charge in [0.2, 0.25) is 0 Å². The van der Waals surface area contributed by atoms with Crippen LogP contribution in [0.3, 0.4) is 0 Å². The molecule has 2 atom stereocenters. The summed E-state index contributed by atoms with van der Waals surface area (Å²) in [4.78, 5) is 0. The summed E-state index contributed by atoms with van der Waals surface area (Å²) in [7, 11) is 0. The van der Waals surface area contributed by atoms with Crippen LogP contribution in [0.4, 0.5) is 13.2 Å². The summed E-state index contributed by atoms with van der Waals surface area (Å²) in [5.41, 5.74) is 0.268. The Morgan fingerprint density at radius 3 is 2.07 bits per heavy atom. The second kappa shape index (κ2) is 4.63. The monoisotopic (exact) mass is 220 g/mol. The first-order valence-electron chi connectivity index (χ1n) is 4.37. The van der Waals surface area contributed by atoms with Crippen LogP contribution in [0.25, 0.3) is 0 Å². The average molecular weight is 220 g/mol. The summed E-state index contributed by atoms with van der Waals surface area (Å²) >= 11 is 0. The Kier molecular flexibility index (Phi) is 3.71. The van der Waals surface area contributed by atoms with E-state index in [4.69, 9.17) is 10.2 Å². The van der Waals surface area contributed by atoms with Crippen LogP contribution in [0.2, 0.25) is 0 Å². The minimum Gasteiger partial charge on any atom is -0.396 e. The Balaban J connectivity index is 2.90. The number of aliphatic hydroxyl groups is 2. The van der Waals surface area contributed by atoms with Crippen LogP contribution in [0, 0.1) is 0 Å². The van der Waals surface area contributed by atoms with Crippen LogP contribution in [0.5, 0.6) is 0 Å². The lowest BCUT2D eigenvalue weighted by Gasteiger charge is -2.23. The molecule has 0 aromatic heterocycles. The maximum Gasteiger partial charge on any atom is 0.415 e. The van der Waals surface area contributed by atoms with Gasteiger partial charge in [-0.15, -0.1) is 0 Å². The molecule has 2 nitrogen and oxygen atoms in total. The standard InChI is InChI=1S/C10H11F3O2/c11-10(12,13)9(15)8(6-14)7-4-2-1-3-5-7/h1-5,8-9,14-15H,6H2/t8-,9+/m1/s1. The van der Waals surface area contributed by atoms with Gasteiger partial charge in [0.1, 0.15) is 0 Å². The topological polar surface area (TPSA) is 40.5 Å². The minimum atomic E-state index is -4.72. The second-order valence-corrected chi connectivity index (χ2v) is 3.19. The van der Waals surface area contributed by atoms with Crippen LogP contribution < -0.4 is 0 Å². The van der Waals surface area contributed by atoms with Gasteiger partial charge in [-0.2, -0.15) is 13.2 Å². The zero-order valence-electron chi connectivity index (χ0n) is 7.78. The molecule has 0 unspecified atom stereocenters. The van der Waals surface area contributed by atoms with Gasteiger partial charge in [0.05, 0.1) is 6.61 Å². The molecular formula is C10H11F3O2. The van der Waals surface area contributed by atoms with Gasteiger partial charge in [0, 0.05) is 5.92 Å². The molecule has 0 fully saturated rings. The lowest BCUT2D eigenvalue weighted by atomic mass is 9.94. The molecule has 1 aromatic rings. The van der Waals surface area contributed by atoms with E-state index >= 15 is 0 Å². The predicted molar refractivity (Wildman–Crippen MR) is 48.3 cm³/mol. The number of halogens is 3. The zero-order chi connectivity index (χ0) is 11.5. The molecule has 0 aliphatic heterocycles. The molecule has 1 aromatic carbocycles. The Bertz CT molecular complexity index is 297. The van der Waals surface area contributed by atoms with Crippen LogP contribution in [-0.2, 0) is 0 Å². The maximum absolute atomic E-state index is 12.2. The SMILES string of the molecule is OC[C@H](c1ccccc1)[C@H](O)C(F)(F)F. The fourth-order valence-electron chi connectivity index (χ4n) is 1.32. The van der Waals surface area contributed by atoms with Crippen LogP contribution in [-0.4, -0.2) is 29.1 Å². The van der Waals surface area contributed by atoms with Crippen molar-refractivity contribution in [2.45, 2.75) is 18.2 Å². The molecule has 0 aliphatic rings. The maximum atomic E-state index is 12.2. The zero-order valence-corrected chi connectivity index (χ0v) is 7.78. The molecule has 0 spiro atoms. The van der Waals surface area contributed by atoms with Crippen LogP contribution in [0.15, 0.2) is 30.3 Å². The van der Waals surface area contributed by atoms with E-state index in [-0.39, 0.29) is 5.56 Å². The molecular weight excluding hydrogens is 209 g/mol. The van der Waals surface area contributed by atoms with Crippen molar-refractivity contribution in [3.05, 3.63) is 35.9 Å². The molecule has 1 rings (SSSR count). The van der Waals surface area contributed by atoms with Crippen LogP contribution >= 0.6 is 0 Å². The summed E-state index contributed by atoms with van der Waals surface area (Å²) in [5, 5.41) is 17.9. The third kappa shape index (κ3) is 2.94. The Morgan fingerprint density at radius 1 is 1.13 bits per heavy atom. The number of hydrogen-bond donors (Lipinski definition) is 2. The number of benzene rings is 1. The molecule has 0 saturated carbocycles. The van der Waals surface area contributed by atoms with Crippen molar-refractivity contribution in [3.63, 3.8) is 0 Å². The van der Waals surface area contributed by atoms with Crippen LogP contribution in [0.1, 0.15) is 11.5 Å².